The van der Waals surface area contributed by atoms with Crippen LogP contribution in [0.1, 0.15) is 59.8 Å². The minimum absolute atomic E-state index is 0.445. The van der Waals surface area contributed by atoms with E-state index in [1.807, 2.05) is 0 Å². The molecule has 0 spiro atoms. The summed E-state index contributed by atoms with van der Waals surface area (Å²) < 4.78 is 0. The molecule has 0 radical (unpaired) electrons. The fourth-order valence-electron chi connectivity index (χ4n) is 1.48. The molecule has 0 amide bonds. The van der Waals surface area contributed by atoms with Gasteiger partial charge in [-0.3, -0.25) is 0 Å². The van der Waals surface area contributed by atoms with E-state index in [9.17, 15) is 5.11 Å². The number of allylic oxidation sites excluding steroid dienone is 2. The fraction of sp³-hybridized carbons (Fsp3) is 0.733. The minimum atomic E-state index is -0.454. The summed E-state index contributed by atoms with van der Waals surface area (Å²) >= 11 is 0. The molecular weight excluding hydrogens is 196 g/mol. The van der Waals surface area contributed by atoms with Crippen molar-refractivity contribution < 1.29 is 5.11 Å². The Kier molecular flexibility index (Phi) is 8.03. The normalized spacial score (nSPS) is 13.6. The van der Waals surface area contributed by atoms with Crippen molar-refractivity contribution in [3.8, 4) is 11.8 Å². The van der Waals surface area contributed by atoms with Gasteiger partial charge in [0.1, 0.15) is 6.10 Å². The zero-order chi connectivity index (χ0) is 12.4. The molecule has 1 atom stereocenters. The lowest BCUT2D eigenvalue weighted by Crippen LogP contribution is -2.03. The van der Waals surface area contributed by atoms with Gasteiger partial charge in [-0.2, -0.15) is 0 Å². The Morgan fingerprint density at radius 1 is 1.19 bits per heavy atom. The highest BCUT2D eigenvalue weighted by Gasteiger charge is 2.07. The van der Waals surface area contributed by atoms with Crippen LogP contribution < -0.4 is 0 Å². The van der Waals surface area contributed by atoms with Crippen LogP contribution in [0.4, 0.5) is 0 Å². The summed E-state index contributed by atoms with van der Waals surface area (Å²) in [5.41, 5.74) is 0.445. The van der Waals surface area contributed by atoms with Gasteiger partial charge in [0, 0.05) is 0 Å². The highest BCUT2D eigenvalue weighted by atomic mass is 16.3. The second kappa shape index (κ2) is 8.42. The van der Waals surface area contributed by atoms with Crippen molar-refractivity contribution in [1.29, 1.82) is 0 Å². The second-order valence-corrected chi connectivity index (χ2v) is 5.41. The molecule has 0 fully saturated rings. The van der Waals surface area contributed by atoms with Crippen LogP contribution in [0.3, 0.4) is 0 Å². The van der Waals surface area contributed by atoms with Gasteiger partial charge in [-0.1, -0.05) is 38.8 Å². The number of aliphatic hydroxyl groups excluding tert-OH is 1. The third-order valence-corrected chi connectivity index (χ3v) is 2.38. The maximum atomic E-state index is 9.35. The van der Waals surface area contributed by atoms with Crippen molar-refractivity contribution in [2.45, 2.75) is 65.9 Å². The van der Waals surface area contributed by atoms with Crippen molar-refractivity contribution in [2.24, 2.45) is 5.41 Å². The molecule has 92 valence electrons. The molecular formula is C15H26O. The van der Waals surface area contributed by atoms with Gasteiger partial charge in [-0.15, -0.1) is 5.92 Å². The van der Waals surface area contributed by atoms with Crippen molar-refractivity contribution >= 4 is 0 Å². The van der Waals surface area contributed by atoms with Crippen LogP contribution in [0, 0.1) is 17.3 Å². The van der Waals surface area contributed by atoms with E-state index in [1.54, 1.807) is 6.92 Å². The summed E-state index contributed by atoms with van der Waals surface area (Å²) in [7, 11) is 0. The van der Waals surface area contributed by atoms with Crippen molar-refractivity contribution in [1.82, 2.24) is 0 Å². The molecule has 16 heavy (non-hydrogen) atoms. The molecule has 0 aromatic carbocycles. The van der Waals surface area contributed by atoms with Crippen LogP contribution in [0.5, 0.6) is 0 Å². The summed E-state index contributed by atoms with van der Waals surface area (Å²) in [6.07, 6.45) is 9.25. The third kappa shape index (κ3) is 11.3. The van der Waals surface area contributed by atoms with Crippen LogP contribution >= 0.6 is 0 Å². The molecule has 0 bridgehead atoms. The quantitative estimate of drug-likeness (QED) is 0.410. The second-order valence-electron chi connectivity index (χ2n) is 5.41. The maximum absolute atomic E-state index is 9.35. The largest absolute Gasteiger partial charge is 0.380 e. The Bertz CT molecular complexity index is 247. The molecule has 0 heterocycles. The van der Waals surface area contributed by atoms with Crippen LogP contribution in [-0.4, -0.2) is 11.2 Å². The van der Waals surface area contributed by atoms with E-state index in [0.717, 1.165) is 19.3 Å². The summed E-state index contributed by atoms with van der Waals surface area (Å²) in [4.78, 5) is 0. The molecule has 0 aromatic heterocycles. The monoisotopic (exact) mass is 222 g/mol. The first kappa shape index (κ1) is 15.3. The van der Waals surface area contributed by atoms with Gasteiger partial charge in [0.15, 0.2) is 0 Å². The molecule has 0 aliphatic heterocycles. The molecule has 1 heteroatoms. The number of unbranched alkanes of at least 4 members (excludes halogenated alkanes) is 1. The Hall–Kier alpha value is -0.740. The van der Waals surface area contributed by atoms with Crippen LogP contribution in [0.15, 0.2) is 12.2 Å². The molecule has 1 N–H and O–H groups in total. The maximum Gasteiger partial charge on any atom is 0.115 e. The fourth-order valence-corrected chi connectivity index (χ4v) is 1.48. The number of aliphatic hydroxyl groups is 1. The standard InChI is InChI=1S/C15H26O/c1-5-11-14(16)12-9-7-6-8-10-13-15(2,3)4/h6-7,14,16H,8-10,12-13H2,1-4H3/b7-6+. The first-order valence-electron chi connectivity index (χ1n) is 6.21. The van der Waals surface area contributed by atoms with E-state index in [4.69, 9.17) is 0 Å². The average molecular weight is 222 g/mol. The van der Waals surface area contributed by atoms with Crippen LogP contribution in [0.2, 0.25) is 0 Å². The van der Waals surface area contributed by atoms with Crippen molar-refractivity contribution in [2.75, 3.05) is 0 Å². The molecule has 1 nitrogen and oxygen atoms in total. The zero-order valence-corrected chi connectivity index (χ0v) is 11.2. The molecule has 0 saturated carbocycles. The number of hydrogen-bond donors (Lipinski definition) is 1. The first-order valence-corrected chi connectivity index (χ1v) is 6.21. The van der Waals surface area contributed by atoms with E-state index < -0.39 is 6.10 Å². The molecule has 0 saturated heterocycles. The summed E-state index contributed by atoms with van der Waals surface area (Å²) in [5, 5.41) is 9.35. The lowest BCUT2D eigenvalue weighted by molar-refractivity contribution is 0.223. The Morgan fingerprint density at radius 2 is 1.81 bits per heavy atom. The average Bonchev–Trinajstić information content (AvgIpc) is 2.15. The SMILES string of the molecule is CC#CC(O)CC/C=C/CCCC(C)(C)C. The first-order chi connectivity index (χ1) is 7.45. The number of hydrogen-bond acceptors (Lipinski definition) is 1. The van der Waals surface area contributed by atoms with E-state index in [-0.39, 0.29) is 0 Å². The summed E-state index contributed by atoms with van der Waals surface area (Å²) in [5.74, 6) is 5.46. The van der Waals surface area contributed by atoms with Gasteiger partial charge >= 0.3 is 0 Å². The summed E-state index contributed by atoms with van der Waals surface area (Å²) in [6, 6.07) is 0. The van der Waals surface area contributed by atoms with Crippen molar-refractivity contribution in [3.05, 3.63) is 12.2 Å². The Labute approximate surface area is 101 Å². The van der Waals surface area contributed by atoms with Crippen molar-refractivity contribution in [3.63, 3.8) is 0 Å². The summed E-state index contributed by atoms with van der Waals surface area (Å²) in [6.45, 7) is 8.58. The van der Waals surface area contributed by atoms with Gasteiger partial charge < -0.3 is 5.11 Å². The van der Waals surface area contributed by atoms with E-state index in [0.29, 0.717) is 5.41 Å². The van der Waals surface area contributed by atoms with Crippen LogP contribution in [-0.2, 0) is 0 Å². The lowest BCUT2D eigenvalue weighted by atomic mass is 9.90. The third-order valence-electron chi connectivity index (χ3n) is 2.38. The topological polar surface area (TPSA) is 20.2 Å². The van der Waals surface area contributed by atoms with Crippen LogP contribution in [0.25, 0.3) is 0 Å². The number of rotatable bonds is 6. The van der Waals surface area contributed by atoms with Gasteiger partial charge in [0.2, 0.25) is 0 Å². The van der Waals surface area contributed by atoms with Gasteiger partial charge in [-0.05, 0) is 44.4 Å². The molecule has 0 aliphatic carbocycles. The van der Waals surface area contributed by atoms with E-state index >= 15 is 0 Å². The Balaban J connectivity index is 3.44. The van der Waals surface area contributed by atoms with E-state index in [1.165, 1.54) is 12.8 Å². The minimum Gasteiger partial charge on any atom is -0.380 e. The highest BCUT2D eigenvalue weighted by molar-refractivity contribution is 5.02. The van der Waals surface area contributed by atoms with Gasteiger partial charge in [0.25, 0.3) is 0 Å². The lowest BCUT2D eigenvalue weighted by Gasteiger charge is -2.16. The molecule has 0 aliphatic rings. The molecule has 0 aromatic rings. The molecule has 1 unspecified atom stereocenters. The van der Waals surface area contributed by atoms with Gasteiger partial charge in [0.05, 0.1) is 0 Å². The molecule has 0 rings (SSSR count). The zero-order valence-electron chi connectivity index (χ0n) is 11.2. The smallest absolute Gasteiger partial charge is 0.115 e. The predicted molar refractivity (Wildman–Crippen MR) is 71.1 cm³/mol. The Morgan fingerprint density at radius 3 is 2.38 bits per heavy atom. The van der Waals surface area contributed by atoms with E-state index in [2.05, 4.69) is 44.8 Å². The van der Waals surface area contributed by atoms with Gasteiger partial charge in [-0.25, -0.2) is 0 Å². The highest BCUT2D eigenvalue weighted by Crippen LogP contribution is 2.21. The predicted octanol–water partition coefficient (Wildman–Crippen LogP) is 3.92.